The minimum atomic E-state index is -0.751. The van der Waals surface area contributed by atoms with Crippen molar-refractivity contribution in [2.24, 2.45) is 0 Å². The summed E-state index contributed by atoms with van der Waals surface area (Å²) >= 11 is 1.07. The van der Waals surface area contributed by atoms with Crippen LogP contribution in [0.5, 0.6) is 11.5 Å². The van der Waals surface area contributed by atoms with Crippen molar-refractivity contribution in [2.75, 3.05) is 45.8 Å². The molecule has 0 unspecified atom stereocenters. The minimum Gasteiger partial charge on any atom is -0.493 e. The summed E-state index contributed by atoms with van der Waals surface area (Å²) in [7, 11) is 5.39. The van der Waals surface area contributed by atoms with Crippen molar-refractivity contribution in [2.45, 2.75) is 6.42 Å². The van der Waals surface area contributed by atoms with E-state index >= 15 is 0 Å². The van der Waals surface area contributed by atoms with Gasteiger partial charge in [-0.3, -0.25) is 9.69 Å². The maximum Gasteiger partial charge on any atom is 0.266 e. The van der Waals surface area contributed by atoms with Gasteiger partial charge >= 0.3 is 0 Å². The molecular weight excluding hydrogens is 412 g/mol. The number of thiazole rings is 1. The number of benzene rings is 2. The van der Waals surface area contributed by atoms with Gasteiger partial charge in [-0.2, -0.15) is 0 Å². The van der Waals surface area contributed by atoms with Gasteiger partial charge in [0.2, 0.25) is 0 Å². The second-order valence-corrected chi connectivity index (χ2v) is 7.88. The maximum absolute atomic E-state index is 14.1. The molecule has 0 fully saturated rings. The number of amides is 1. The van der Waals surface area contributed by atoms with Crippen LogP contribution in [-0.2, 0) is 4.79 Å². The zero-order valence-corrected chi connectivity index (χ0v) is 17.8. The van der Waals surface area contributed by atoms with Gasteiger partial charge < -0.3 is 14.4 Å². The number of hydrogen-bond acceptors (Lipinski definition) is 6. The molecule has 0 aliphatic rings. The van der Waals surface area contributed by atoms with Crippen LogP contribution in [0.15, 0.2) is 36.4 Å². The van der Waals surface area contributed by atoms with Gasteiger partial charge in [0.1, 0.15) is 11.3 Å². The summed E-state index contributed by atoms with van der Waals surface area (Å²) in [6, 6.07) is 9.03. The van der Waals surface area contributed by atoms with Gasteiger partial charge in [-0.1, -0.05) is 23.5 Å². The number of nitrogens with zero attached hydrogens (tertiary/aromatic N) is 3. The Hall–Kier alpha value is -2.78. The first-order chi connectivity index (χ1) is 14.4. The van der Waals surface area contributed by atoms with Gasteiger partial charge in [-0.05, 0) is 45.3 Å². The Bertz CT molecular complexity index is 1030. The highest BCUT2D eigenvalue weighted by Gasteiger charge is 2.22. The van der Waals surface area contributed by atoms with Crippen molar-refractivity contribution in [3.63, 3.8) is 0 Å². The lowest BCUT2D eigenvalue weighted by molar-refractivity contribution is -0.120. The Morgan fingerprint density at radius 2 is 1.87 bits per heavy atom. The fourth-order valence-corrected chi connectivity index (χ4v) is 3.94. The van der Waals surface area contributed by atoms with Gasteiger partial charge in [0.25, 0.3) is 5.91 Å². The van der Waals surface area contributed by atoms with Crippen molar-refractivity contribution in [1.29, 1.82) is 0 Å². The van der Waals surface area contributed by atoms with E-state index in [2.05, 4.69) is 4.98 Å². The predicted molar refractivity (Wildman–Crippen MR) is 114 cm³/mol. The van der Waals surface area contributed by atoms with Crippen molar-refractivity contribution < 1.29 is 23.0 Å². The first-order valence-corrected chi connectivity index (χ1v) is 10.2. The van der Waals surface area contributed by atoms with Gasteiger partial charge in [-0.15, -0.1) is 0 Å². The first kappa shape index (κ1) is 21.9. The molecule has 1 heterocycles. The number of aromatic nitrogens is 1. The van der Waals surface area contributed by atoms with Crippen molar-refractivity contribution >= 4 is 32.6 Å². The van der Waals surface area contributed by atoms with Crippen LogP contribution in [-0.4, -0.2) is 56.7 Å². The smallest absolute Gasteiger partial charge is 0.266 e. The molecule has 0 radical (unpaired) electrons. The normalized spacial score (nSPS) is 11.1. The van der Waals surface area contributed by atoms with E-state index < -0.39 is 11.6 Å². The molecule has 160 valence electrons. The monoisotopic (exact) mass is 435 g/mol. The standard InChI is InChI=1S/C21H23F2N3O3S/c1-25(2)9-6-10-26(19(27)13-29-17-8-5-4-7-16(17)28-3)21-24-20-15(23)11-14(22)12-18(20)30-21/h4-5,7-8,11-12H,6,9-10,13H2,1-3H3. The molecule has 0 atom stereocenters. The average Bonchev–Trinajstić information content (AvgIpc) is 3.13. The number of halogens is 2. The van der Waals surface area contributed by atoms with E-state index in [-0.39, 0.29) is 18.0 Å². The van der Waals surface area contributed by atoms with Crippen LogP contribution >= 0.6 is 11.3 Å². The Morgan fingerprint density at radius 3 is 2.57 bits per heavy atom. The van der Waals surface area contributed by atoms with Gasteiger partial charge in [0.05, 0.1) is 11.8 Å². The van der Waals surface area contributed by atoms with E-state index in [0.717, 1.165) is 23.9 Å². The summed E-state index contributed by atoms with van der Waals surface area (Å²) < 4.78 is 38.9. The van der Waals surface area contributed by atoms with E-state index in [1.54, 1.807) is 24.3 Å². The number of anilines is 1. The molecule has 9 heteroatoms. The number of hydrogen-bond donors (Lipinski definition) is 0. The minimum absolute atomic E-state index is 0.0486. The molecule has 1 aromatic heterocycles. The lowest BCUT2D eigenvalue weighted by atomic mass is 10.3. The molecule has 0 aliphatic carbocycles. The highest BCUT2D eigenvalue weighted by Crippen LogP contribution is 2.32. The number of ether oxygens (including phenoxy) is 2. The summed E-state index contributed by atoms with van der Waals surface area (Å²) in [6.07, 6.45) is 0.681. The van der Waals surface area contributed by atoms with Gasteiger partial charge in [-0.25, -0.2) is 13.8 Å². The molecule has 1 amide bonds. The summed E-state index contributed by atoms with van der Waals surface area (Å²) in [4.78, 5) is 20.7. The summed E-state index contributed by atoms with van der Waals surface area (Å²) in [5, 5.41) is 0.307. The molecule has 3 rings (SSSR count). The fraction of sp³-hybridized carbons (Fsp3) is 0.333. The number of fused-ring (bicyclic) bond motifs is 1. The first-order valence-electron chi connectivity index (χ1n) is 9.35. The van der Waals surface area contributed by atoms with Crippen LogP contribution in [0, 0.1) is 11.6 Å². The summed E-state index contributed by atoms with van der Waals surface area (Å²) in [5.41, 5.74) is 0.0486. The zero-order chi connectivity index (χ0) is 21.7. The molecule has 0 aliphatic heterocycles. The van der Waals surface area contributed by atoms with Crippen LogP contribution < -0.4 is 14.4 Å². The molecule has 0 N–H and O–H groups in total. The Labute approximate surface area is 177 Å². The molecule has 30 heavy (non-hydrogen) atoms. The van der Waals surface area contributed by atoms with Crippen molar-refractivity contribution in [3.05, 3.63) is 48.0 Å². The number of methoxy groups -OCH3 is 1. The van der Waals surface area contributed by atoms with E-state index in [0.29, 0.717) is 34.3 Å². The van der Waals surface area contributed by atoms with Gasteiger partial charge in [0.15, 0.2) is 29.1 Å². The molecule has 2 aromatic carbocycles. The molecule has 0 spiro atoms. The average molecular weight is 435 g/mol. The molecule has 6 nitrogen and oxygen atoms in total. The molecular formula is C21H23F2N3O3S. The lowest BCUT2D eigenvalue weighted by Gasteiger charge is -2.21. The molecule has 0 saturated carbocycles. The third kappa shape index (κ3) is 5.22. The summed E-state index contributed by atoms with van der Waals surface area (Å²) in [6.45, 7) is 0.885. The van der Waals surface area contributed by atoms with Crippen LogP contribution in [0.3, 0.4) is 0 Å². The second-order valence-electron chi connectivity index (χ2n) is 6.87. The molecule has 0 saturated heterocycles. The van der Waals surface area contributed by atoms with E-state index in [1.165, 1.54) is 18.1 Å². The lowest BCUT2D eigenvalue weighted by Crippen LogP contribution is -2.36. The largest absolute Gasteiger partial charge is 0.493 e. The predicted octanol–water partition coefficient (Wildman–Crippen LogP) is 3.95. The van der Waals surface area contributed by atoms with Crippen LogP contribution in [0.1, 0.15) is 6.42 Å². The number of carbonyl (C=O) groups excluding carboxylic acids is 1. The quantitative estimate of drug-likeness (QED) is 0.510. The topological polar surface area (TPSA) is 54.9 Å². The SMILES string of the molecule is COc1ccccc1OCC(=O)N(CCCN(C)C)c1nc2c(F)cc(F)cc2s1. The molecule has 0 bridgehead atoms. The highest BCUT2D eigenvalue weighted by atomic mass is 32.1. The van der Waals surface area contributed by atoms with Crippen LogP contribution in [0.2, 0.25) is 0 Å². The van der Waals surface area contributed by atoms with E-state index in [9.17, 15) is 13.6 Å². The number of rotatable bonds is 9. The van der Waals surface area contributed by atoms with Crippen molar-refractivity contribution in [1.82, 2.24) is 9.88 Å². The molecule has 3 aromatic rings. The zero-order valence-electron chi connectivity index (χ0n) is 17.0. The number of para-hydroxylation sites is 2. The Balaban J connectivity index is 1.82. The maximum atomic E-state index is 14.1. The van der Waals surface area contributed by atoms with Crippen molar-refractivity contribution in [3.8, 4) is 11.5 Å². The van der Waals surface area contributed by atoms with Crippen LogP contribution in [0.4, 0.5) is 13.9 Å². The summed E-state index contributed by atoms with van der Waals surface area (Å²) in [5.74, 6) is -0.806. The number of carbonyl (C=O) groups is 1. The van der Waals surface area contributed by atoms with E-state index in [1.807, 2.05) is 19.0 Å². The Kier molecular flexibility index (Phi) is 7.17. The highest BCUT2D eigenvalue weighted by molar-refractivity contribution is 7.22. The second kappa shape index (κ2) is 9.82. The van der Waals surface area contributed by atoms with Gasteiger partial charge in [0, 0.05) is 12.6 Å². The van der Waals surface area contributed by atoms with Crippen LogP contribution in [0.25, 0.3) is 10.2 Å². The van der Waals surface area contributed by atoms with E-state index in [4.69, 9.17) is 9.47 Å². The fourth-order valence-electron chi connectivity index (χ4n) is 2.89. The third-order valence-corrected chi connectivity index (χ3v) is 5.37. The Morgan fingerprint density at radius 1 is 1.13 bits per heavy atom. The third-order valence-electron chi connectivity index (χ3n) is 4.34.